The van der Waals surface area contributed by atoms with E-state index in [0.29, 0.717) is 31.4 Å². The average molecular weight is 334 g/mol. The SMILES string of the molecule is COCC1CCCN1CC1OCC(NC(=O)c2ccccc2)C1O. The van der Waals surface area contributed by atoms with E-state index in [-0.39, 0.29) is 18.1 Å². The maximum absolute atomic E-state index is 12.2. The number of hydrogen-bond donors (Lipinski definition) is 2. The molecule has 0 bridgehead atoms. The van der Waals surface area contributed by atoms with Crippen molar-refractivity contribution < 1.29 is 19.4 Å². The number of carbonyl (C=O) groups is 1. The summed E-state index contributed by atoms with van der Waals surface area (Å²) in [5, 5.41) is 13.4. The molecule has 0 radical (unpaired) electrons. The Balaban J connectivity index is 1.53. The van der Waals surface area contributed by atoms with Crippen molar-refractivity contribution in [3.05, 3.63) is 35.9 Å². The summed E-state index contributed by atoms with van der Waals surface area (Å²) < 4.78 is 11.0. The molecule has 0 aliphatic carbocycles. The molecule has 2 N–H and O–H groups in total. The second kappa shape index (κ2) is 8.07. The van der Waals surface area contributed by atoms with Gasteiger partial charge in [-0.2, -0.15) is 0 Å². The third-order valence-electron chi connectivity index (χ3n) is 4.91. The highest BCUT2D eigenvalue weighted by molar-refractivity contribution is 5.94. The molecule has 6 heteroatoms. The van der Waals surface area contributed by atoms with Gasteiger partial charge in [0, 0.05) is 25.3 Å². The second-order valence-corrected chi connectivity index (χ2v) is 6.55. The Kier molecular flexibility index (Phi) is 5.84. The molecule has 2 aliphatic rings. The van der Waals surface area contributed by atoms with Crippen LogP contribution in [0, 0.1) is 0 Å². The summed E-state index contributed by atoms with van der Waals surface area (Å²) in [6.45, 7) is 2.72. The van der Waals surface area contributed by atoms with Crippen LogP contribution in [0.1, 0.15) is 23.2 Å². The molecule has 3 rings (SSSR count). The van der Waals surface area contributed by atoms with Gasteiger partial charge in [-0.05, 0) is 31.5 Å². The van der Waals surface area contributed by atoms with Gasteiger partial charge in [-0.15, -0.1) is 0 Å². The number of amides is 1. The van der Waals surface area contributed by atoms with E-state index in [1.165, 1.54) is 0 Å². The third-order valence-corrected chi connectivity index (χ3v) is 4.91. The lowest BCUT2D eigenvalue weighted by Crippen LogP contribution is -2.47. The number of nitrogens with one attached hydrogen (secondary N) is 1. The normalized spacial score (nSPS) is 30.6. The summed E-state index contributed by atoms with van der Waals surface area (Å²) in [4.78, 5) is 14.5. The molecule has 2 aliphatic heterocycles. The van der Waals surface area contributed by atoms with Crippen LogP contribution in [-0.4, -0.2) is 73.6 Å². The zero-order chi connectivity index (χ0) is 16.9. The number of carbonyl (C=O) groups excluding carboxylic acids is 1. The van der Waals surface area contributed by atoms with Crippen molar-refractivity contribution >= 4 is 5.91 Å². The predicted octanol–water partition coefficient (Wildman–Crippen LogP) is 0.655. The largest absolute Gasteiger partial charge is 0.388 e. The second-order valence-electron chi connectivity index (χ2n) is 6.55. The van der Waals surface area contributed by atoms with Crippen LogP contribution >= 0.6 is 0 Å². The zero-order valence-electron chi connectivity index (χ0n) is 14.1. The van der Waals surface area contributed by atoms with Crippen molar-refractivity contribution in [1.82, 2.24) is 10.2 Å². The fraction of sp³-hybridized carbons (Fsp3) is 0.611. The fourth-order valence-corrected chi connectivity index (χ4v) is 3.56. The molecule has 0 saturated carbocycles. The van der Waals surface area contributed by atoms with Crippen LogP contribution in [0.2, 0.25) is 0 Å². The first-order valence-electron chi connectivity index (χ1n) is 8.57. The summed E-state index contributed by atoms with van der Waals surface area (Å²) in [5.41, 5.74) is 0.591. The van der Waals surface area contributed by atoms with E-state index >= 15 is 0 Å². The molecule has 2 heterocycles. The molecule has 4 atom stereocenters. The molecule has 24 heavy (non-hydrogen) atoms. The molecule has 2 saturated heterocycles. The number of aliphatic hydroxyl groups excluding tert-OH is 1. The van der Waals surface area contributed by atoms with E-state index in [4.69, 9.17) is 9.47 Å². The summed E-state index contributed by atoms with van der Waals surface area (Å²) in [5.74, 6) is -0.178. The van der Waals surface area contributed by atoms with E-state index in [1.807, 2.05) is 18.2 Å². The lowest BCUT2D eigenvalue weighted by molar-refractivity contribution is 0.00456. The first kappa shape index (κ1) is 17.4. The smallest absolute Gasteiger partial charge is 0.251 e. The van der Waals surface area contributed by atoms with E-state index in [0.717, 1.165) is 19.4 Å². The molecule has 1 aromatic carbocycles. The Morgan fingerprint density at radius 3 is 2.96 bits per heavy atom. The summed E-state index contributed by atoms with van der Waals surface area (Å²) in [6.07, 6.45) is 1.29. The van der Waals surface area contributed by atoms with Crippen LogP contribution < -0.4 is 5.32 Å². The van der Waals surface area contributed by atoms with Gasteiger partial charge in [-0.1, -0.05) is 18.2 Å². The Morgan fingerprint density at radius 2 is 2.21 bits per heavy atom. The zero-order valence-corrected chi connectivity index (χ0v) is 14.1. The lowest BCUT2D eigenvalue weighted by Gasteiger charge is -2.28. The Bertz CT molecular complexity index is 539. The third kappa shape index (κ3) is 3.95. The van der Waals surface area contributed by atoms with Gasteiger partial charge in [0.1, 0.15) is 6.10 Å². The highest BCUT2D eigenvalue weighted by Crippen LogP contribution is 2.22. The summed E-state index contributed by atoms with van der Waals surface area (Å²) >= 11 is 0. The van der Waals surface area contributed by atoms with E-state index in [2.05, 4.69) is 10.2 Å². The number of likely N-dealkylation sites (tertiary alicyclic amines) is 1. The summed E-state index contributed by atoms with van der Waals surface area (Å²) in [6, 6.07) is 9.05. The molecule has 6 nitrogen and oxygen atoms in total. The molecule has 0 aromatic heterocycles. The van der Waals surface area contributed by atoms with Crippen LogP contribution in [0.5, 0.6) is 0 Å². The fourth-order valence-electron chi connectivity index (χ4n) is 3.56. The van der Waals surface area contributed by atoms with Crippen LogP contribution in [0.15, 0.2) is 30.3 Å². The van der Waals surface area contributed by atoms with Crippen molar-refractivity contribution in [2.24, 2.45) is 0 Å². The van der Waals surface area contributed by atoms with Gasteiger partial charge in [-0.25, -0.2) is 0 Å². The first-order valence-corrected chi connectivity index (χ1v) is 8.57. The average Bonchev–Trinajstić information content (AvgIpc) is 3.18. The number of benzene rings is 1. The Labute approximate surface area is 142 Å². The standard InChI is InChI=1S/C18H26N2O4/c1-23-11-14-8-5-9-20(14)10-16-17(21)15(12-24-16)19-18(22)13-6-3-2-4-7-13/h2-4,6-7,14-17,21H,5,8-12H2,1H3,(H,19,22). The topological polar surface area (TPSA) is 71.0 Å². The maximum Gasteiger partial charge on any atom is 0.251 e. The maximum atomic E-state index is 12.2. The first-order chi connectivity index (χ1) is 11.7. The van der Waals surface area contributed by atoms with Crippen molar-refractivity contribution in [1.29, 1.82) is 0 Å². The van der Waals surface area contributed by atoms with E-state index in [9.17, 15) is 9.90 Å². The van der Waals surface area contributed by atoms with Gasteiger partial charge in [-0.3, -0.25) is 9.69 Å². The number of hydrogen-bond acceptors (Lipinski definition) is 5. The molecule has 0 spiro atoms. The molecule has 2 fully saturated rings. The van der Waals surface area contributed by atoms with Gasteiger partial charge in [0.05, 0.1) is 25.4 Å². The molecular formula is C18H26N2O4. The molecule has 132 valence electrons. The van der Waals surface area contributed by atoms with Crippen molar-refractivity contribution in [3.8, 4) is 0 Å². The monoisotopic (exact) mass is 334 g/mol. The van der Waals surface area contributed by atoms with Gasteiger partial charge in [0.25, 0.3) is 5.91 Å². The van der Waals surface area contributed by atoms with Gasteiger partial charge in [0.15, 0.2) is 0 Å². The Hall–Kier alpha value is -1.47. The van der Waals surface area contributed by atoms with Gasteiger partial charge in [0.2, 0.25) is 0 Å². The van der Waals surface area contributed by atoms with Crippen molar-refractivity contribution in [2.45, 2.75) is 37.1 Å². The minimum absolute atomic E-state index is 0.178. The van der Waals surface area contributed by atoms with E-state index in [1.54, 1.807) is 19.2 Å². The quantitative estimate of drug-likeness (QED) is 0.800. The highest BCUT2D eigenvalue weighted by Gasteiger charge is 2.39. The predicted molar refractivity (Wildman–Crippen MR) is 89.9 cm³/mol. The molecule has 4 unspecified atom stereocenters. The lowest BCUT2D eigenvalue weighted by atomic mass is 10.1. The minimum Gasteiger partial charge on any atom is -0.388 e. The minimum atomic E-state index is -0.693. The molecule has 1 aromatic rings. The highest BCUT2D eigenvalue weighted by atomic mass is 16.5. The summed E-state index contributed by atoms with van der Waals surface area (Å²) in [7, 11) is 1.71. The van der Waals surface area contributed by atoms with Gasteiger partial charge < -0.3 is 19.9 Å². The number of ether oxygens (including phenoxy) is 2. The number of rotatable bonds is 6. The Morgan fingerprint density at radius 1 is 1.42 bits per heavy atom. The molecule has 1 amide bonds. The van der Waals surface area contributed by atoms with Crippen LogP contribution in [0.4, 0.5) is 0 Å². The molecular weight excluding hydrogens is 308 g/mol. The van der Waals surface area contributed by atoms with Gasteiger partial charge >= 0.3 is 0 Å². The number of aliphatic hydroxyl groups is 1. The van der Waals surface area contributed by atoms with E-state index < -0.39 is 6.10 Å². The van der Waals surface area contributed by atoms with Crippen molar-refractivity contribution in [3.63, 3.8) is 0 Å². The van der Waals surface area contributed by atoms with Crippen LogP contribution in [0.3, 0.4) is 0 Å². The van der Waals surface area contributed by atoms with Crippen molar-refractivity contribution in [2.75, 3.05) is 33.4 Å². The number of nitrogens with zero attached hydrogens (tertiary/aromatic N) is 1. The van der Waals surface area contributed by atoms with Crippen LogP contribution in [0.25, 0.3) is 0 Å². The van der Waals surface area contributed by atoms with Crippen LogP contribution in [-0.2, 0) is 9.47 Å². The number of methoxy groups -OCH3 is 1.